The van der Waals surface area contributed by atoms with Crippen molar-refractivity contribution in [3.05, 3.63) is 119 Å². The molecule has 2 aliphatic rings. The number of amides is 3. The zero-order valence-corrected chi connectivity index (χ0v) is 30.4. The van der Waals surface area contributed by atoms with Crippen molar-refractivity contribution in [3.63, 3.8) is 0 Å². The highest BCUT2D eigenvalue weighted by Crippen LogP contribution is 2.36. The predicted molar refractivity (Wildman–Crippen MR) is 198 cm³/mol. The van der Waals surface area contributed by atoms with Gasteiger partial charge >= 0.3 is 6.18 Å². The molecule has 0 bridgehead atoms. The van der Waals surface area contributed by atoms with Crippen molar-refractivity contribution < 1.29 is 46.2 Å². The number of hydrogen-bond donors (Lipinski definition) is 5. The van der Waals surface area contributed by atoms with Gasteiger partial charge in [0.25, 0.3) is 5.91 Å². The molecule has 0 radical (unpaired) electrons. The first-order valence-corrected chi connectivity index (χ1v) is 18.3. The van der Waals surface area contributed by atoms with Gasteiger partial charge < -0.3 is 31.1 Å². The number of alkyl halides is 3. The first-order chi connectivity index (χ1) is 25.6. The molecule has 5 N–H and O–H groups in total. The van der Waals surface area contributed by atoms with Crippen LogP contribution in [0.3, 0.4) is 0 Å². The number of aryl methyl sites for hydroxylation is 1. The molecular formula is C39H41F3N4O7S. The lowest BCUT2D eigenvalue weighted by molar-refractivity contribution is -0.137. The second-order valence-corrected chi connectivity index (χ2v) is 14.7. The van der Waals surface area contributed by atoms with Crippen molar-refractivity contribution in [1.29, 1.82) is 0 Å². The Balaban J connectivity index is 1.40. The highest BCUT2D eigenvalue weighted by Gasteiger charge is 2.36. The summed E-state index contributed by atoms with van der Waals surface area (Å²) < 4.78 is 65.5. The quantitative estimate of drug-likeness (QED) is 0.175. The molecule has 0 spiro atoms. The molecule has 0 aromatic heterocycles. The summed E-state index contributed by atoms with van der Waals surface area (Å²) in [6, 6.07) is 16.3. The van der Waals surface area contributed by atoms with Crippen LogP contribution in [0.2, 0.25) is 0 Å². The molecule has 0 saturated heterocycles. The highest BCUT2D eigenvalue weighted by atomic mass is 32.2. The number of benzene rings is 3. The Kier molecular flexibility index (Phi) is 12.6. The third kappa shape index (κ3) is 9.91. The smallest absolute Gasteiger partial charge is 0.394 e. The fraction of sp³-hybridized carbons (Fsp3) is 0.333. The third-order valence-corrected chi connectivity index (χ3v) is 9.95. The summed E-state index contributed by atoms with van der Waals surface area (Å²) in [5.74, 6) is -1.49. The van der Waals surface area contributed by atoms with E-state index in [1.807, 2.05) is 0 Å². The molecule has 3 aromatic rings. The van der Waals surface area contributed by atoms with Gasteiger partial charge in [0.05, 0.1) is 35.7 Å². The summed E-state index contributed by atoms with van der Waals surface area (Å²) in [5.41, 5.74) is 0.878. The molecule has 11 nitrogen and oxygen atoms in total. The van der Waals surface area contributed by atoms with Gasteiger partial charge in [0, 0.05) is 29.8 Å². The van der Waals surface area contributed by atoms with E-state index in [1.54, 1.807) is 80.6 Å². The molecular weight excluding hydrogens is 726 g/mol. The molecule has 3 aromatic carbocycles. The molecule has 3 amide bonds. The minimum absolute atomic E-state index is 0.0249. The van der Waals surface area contributed by atoms with E-state index in [0.717, 1.165) is 12.1 Å². The van der Waals surface area contributed by atoms with Crippen LogP contribution in [0.1, 0.15) is 59.3 Å². The first-order valence-electron chi connectivity index (χ1n) is 17.2. The van der Waals surface area contributed by atoms with E-state index in [9.17, 15) is 41.1 Å². The maximum absolute atomic E-state index is 14.1. The van der Waals surface area contributed by atoms with Gasteiger partial charge in [-0.3, -0.25) is 14.4 Å². The van der Waals surface area contributed by atoms with Crippen molar-refractivity contribution in [2.45, 2.75) is 69.6 Å². The lowest BCUT2D eigenvalue weighted by Gasteiger charge is -2.29. The third-order valence-electron chi connectivity index (χ3n) is 9.19. The van der Waals surface area contributed by atoms with Gasteiger partial charge in [-0.1, -0.05) is 54.6 Å². The van der Waals surface area contributed by atoms with E-state index in [1.165, 1.54) is 17.0 Å². The molecule has 1 heterocycles. The summed E-state index contributed by atoms with van der Waals surface area (Å²) in [4.78, 5) is 41.7. The van der Waals surface area contributed by atoms with Crippen LogP contribution in [0.15, 0.2) is 91.0 Å². The Morgan fingerprint density at radius 1 is 1.00 bits per heavy atom. The van der Waals surface area contributed by atoms with E-state index in [-0.39, 0.29) is 48.5 Å². The van der Waals surface area contributed by atoms with Crippen LogP contribution in [-0.4, -0.2) is 78.1 Å². The number of allylic oxidation sites excluding steroid dienone is 2. The molecule has 3 atom stereocenters. The highest BCUT2D eigenvalue weighted by molar-refractivity contribution is 7.73. The molecule has 1 unspecified atom stereocenters. The topological polar surface area (TPSA) is 165 Å². The Morgan fingerprint density at radius 2 is 1.70 bits per heavy atom. The summed E-state index contributed by atoms with van der Waals surface area (Å²) in [5, 5.41) is 27.4. The van der Waals surface area contributed by atoms with Crippen LogP contribution in [0.25, 0.3) is 5.57 Å². The summed E-state index contributed by atoms with van der Waals surface area (Å²) in [6.07, 6.45) is -0.971. The second-order valence-electron chi connectivity index (χ2n) is 13.8. The number of fused-ring (bicyclic) bond motifs is 1. The maximum atomic E-state index is 14.1. The van der Waals surface area contributed by atoms with Crippen LogP contribution in [0.4, 0.5) is 18.9 Å². The van der Waals surface area contributed by atoms with E-state index >= 15 is 0 Å². The molecule has 286 valence electrons. The number of hydrogen-bond acceptors (Lipinski definition) is 8. The van der Waals surface area contributed by atoms with E-state index < -0.39 is 70.1 Å². The summed E-state index contributed by atoms with van der Waals surface area (Å²) in [6.45, 7) is 2.93. The number of rotatable bonds is 12. The van der Waals surface area contributed by atoms with Gasteiger partial charge in [-0.05, 0) is 85.4 Å². The zero-order chi connectivity index (χ0) is 39.2. The normalized spacial score (nSPS) is 18.0. The minimum Gasteiger partial charge on any atom is -0.394 e. The van der Waals surface area contributed by atoms with Crippen molar-refractivity contribution in [2.24, 2.45) is 0 Å². The molecule has 0 fully saturated rings. The van der Waals surface area contributed by atoms with Gasteiger partial charge in [-0.25, -0.2) is 0 Å². The van der Waals surface area contributed by atoms with E-state index in [0.29, 0.717) is 22.3 Å². The Morgan fingerprint density at radius 3 is 2.35 bits per heavy atom. The number of β-amino-alcohol motifs (C(OH)–C–C–N with tert-alkyl or cyclic N) is 1. The number of aliphatic hydroxyl groups is 2. The number of aliphatic hydroxyl groups excluding tert-OH is 2. The van der Waals surface area contributed by atoms with Crippen molar-refractivity contribution in [3.8, 4) is 0 Å². The number of halogens is 3. The zero-order valence-electron chi connectivity index (χ0n) is 29.6. The van der Waals surface area contributed by atoms with E-state index in [2.05, 4.69) is 16.0 Å². The lowest BCUT2D eigenvalue weighted by atomic mass is 9.91. The van der Waals surface area contributed by atoms with Crippen molar-refractivity contribution >= 4 is 44.1 Å². The Labute approximate surface area is 312 Å². The monoisotopic (exact) mass is 766 g/mol. The average molecular weight is 767 g/mol. The molecule has 1 aliphatic heterocycles. The Bertz CT molecular complexity index is 2070. The fourth-order valence-corrected chi connectivity index (χ4v) is 6.93. The standard InChI is InChI=1S/C39H41F3N4O7S/c1-38(2,43-21-29(48)23-47)20-34(49)44-31-17-15-27-19-28(39(40,41)42)16-18-32(27)46(37(31)51)22-24-11-13-25(14-12-24)30-9-6-10-33(54(52)53)35(30)45-36(50)26-7-4-3-5-8-26/h3-14,16,18-19,29,31,35,43,47-48H,15,17,20-23H2,1-2H3,(H,44,49)(H,45,50)/t29-,31+,35?/m0/s1. The van der Waals surface area contributed by atoms with Gasteiger partial charge in [-0.15, -0.1) is 0 Å². The summed E-state index contributed by atoms with van der Waals surface area (Å²) in [7, 11) is -2.65. The maximum Gasteiger partial charge on any atom is 0.416 e. The number of anilines is 1. The van der Waals surface area contributed by atoms with Crippen LogP contribution in [0.5, 0.6) is 0 Å². The molecule has 15 heteroatoms. The predicted octanol–water partition coefficient (Wildman–Crippen LogP) is 3.58. The van der Waals surface area contributed by atoms with Crippen LogP contribution < -0.4 is 20.9 Å². The minimum atomic E-state index is -4.61. The fourth-order valence-electron chi connectivity index (χ4n) is 6.37. The van der Waals surface area contributed by atoms with Gasteiger partial charge in [-0.2, -0.15) is 21.6 Å². The Hall–Kier alpha value is -5.09. The van der Waals surface area contributed by atoms with Gasteiger partial charge in [0.15, 0.2) is 0 Å². The average Bonchev–Trinajstić information content (AvgIpc) is 3.26. The number of nitrogens with one attached hydrogen (secondary N) is 3. The molecule has 1 aliphatic carbocycles. The largest absolute Gasteiger partial charge is 0.416 e. The molecule has 5 rings (SSSR count). The molecule has 0 saturated carbocycles. The summed E-state index contributed by atoms with van der Waals surface area (Å²) >= 11 is 0. The van der Waals surface area contributed by atoms with Crippen molar-refractivity contribution in [1.82, 2.24) is 16.0 Å². The number of nitrogens with zero attached hydrogens (tertiary/aromatic N) is 1. The number of carbonyl (C=O) groups excluding carboxylic acids is 3. The van der Waals surface area contributed by atoms with Gasteiger partial charge in [0.1, 0.15) is 6.04 Å². The van der Waals surface area contributed by atoms with Crippen molar-refractivity contribution in [2.75, 3.05) is 18.1 Å². The van der Waals surface area contributed by atoms with Gasteiger partial charge in [0.2, 0.25) is 22.1 Å². The molecule has 54 heavy (non-hydrogen) atoms. The number of carbonyl (C=O) groups is 3. The van der Waals surface area contributed by atoms with Crippen LogP contribution >= 0.6 is 0 Å². The lowest BCUT2D eigenvalue weighted by Crippen LogP contribution is -2.51. The SMILES string of the molecule is CC(C)(CC(=O)N[C@@H]1CCc2cc(C(F)(F)F)ccc2N(Cc2ccc(C3=CC=CC(=S(=O)=O)C3NC(=O)c3ccccc3)cc2)C1=O)NC[C@H](O)CO. The van der Waals surface area contributed by atoms with E-state index in [4.69, 9.17) is 5.11 Å². The van der Waals surface area contributed by atoms with Crippen LogP contribution in [-0.2, 0) is 39.0 Å². The first kappa shape index (κ1) is 40.1. The second kappa shape index (κ2) is 16.9. The van der Waals surface area contributed by atoms with Crippen LogP contribution in [0, 0.1) is 0 Å².